The predicted octanol–water partition coefficient (Wildman–Crippen LogP) is 1.92. The van der Waals surface area contributed by atoms with Crippen LogP contribution in [0.5, 0.6) is 0 Å². The van der Waals surface area contributed by atoms with E-state index < -0.39 is 11.5 Å². The molecule has 1 aliphatic rings. The predicted molar refractivity (Wildman–Crippen MR) is 63.7 cm³/mol. The van der Waals surface area contributed by atoms with Gasteiger partial charge in [-0.3, -0.25) is 0 Å². The van der Waals surface area contributed by atoms with Crippen molar-refractivity contribution in [2.75, 3.05) is 5.32 Å². The number of rotatable bonds is 3. The molecule has 0 bridgehead atoms. The van der Waals surface area contributed by atoms with Gasteiger partial charge in [0.2, 0.25) is 0 Å². The maximum absolute atomic E-state index is 11.5. The third-order valence-electron chi connectivity index (χ3n) is 3.36. The van der Waals surface area contributed by atoms with Gasteiger partial charge in [-0.2, -0.15) is 0 Å². The quantitative estimate of drug-likeness (QED) is 0.837. The lowest BCUT2D eigenvalue weighted by molar-refractivity contribution is -0.144. The highest BCUT2D eigenvalue weighted by Gasteiger charge is 2.42. The lowest BCUT2D eigenvalue weighted by Gasteiger charge is -2.37. The molecule has 2 atom stereocenters. The first-order valence-corrected chi connectivity index (χ1v) is 5.90. The van der Waals surface area contributed by atoms with Crippen molar-refractivity contribution in [3.8, 4) is 0 Å². The lowest BCUT2D eigenvalue weighted by Crippen LogP contribution is -2.49. The Kier molecular flexibility index (Phi) is 3.26. The highest BCUT2D eigenvalue weighted by atomic mass is 16.4. The molecule has 92 valence electrons. The summed E-state index contributed by atoms with van der Waals surface area (Å²) in [6, 6.07) is 1.70. The molecule has 0 spiro atoms. The van der Waals surface area contributed by atoms with Crippen LogP contribution >= 0.6 is 0 Å². The van der Waals surface area contributed by atoms with E-state index in [9.17, 15) is 9.90 Å². The highest BCUT2D eigenvalue weighted by Crippen LogP contribution is 2.34. The molecule has 1 saturated carbocycles. The second-order valence-corrected chi connectivity index (χ2v) is 4.81. The molecule has 1 fully saturated rings. The SMILES string of the molecule is CC1CCCC(Nc2ccncn2)(C(=O)O)C1. The van der Waals surface area contributed by atoms with Gasteiger partial charge >= 0.3 is 5.97 Å². The standard InChI is InChI=1S/C12H17N3O2/c1-9-3-2-5-12(7-9,11(16)17)15-10-4-6-13-8-14-10/h4,6,8-9H,2-3,5,7H2,1H3,(H,16,17)(H,13,14,15). The van der Waals surface area contributed by atoms with Crippen LogP contribution in [0.3, 0.4) is 0 Å². The largest absolute Gasteiger partial charge is 0.480 e. The molecule has 2 N–H and O–H groups in total. The summed E-state index contributed by atoms with van der Waals surface area (Å²) in [6.07, 6.45) is 6.36. The Balaban J connectivity index is 2.20. The van der Waals surface area contributed by atoms with Gasteiger partial charge in [0.05, 0.1) is 0 Å². The van der Waals surface area contributed by atoms with Crippen LogP contribution in [0.25, 0.3) is 0 Å². The number of nitrogens with zero attached hydrogens (tertiary/aromatic N) is 2. The van der Waals surface area contributed by atoms with Gasteiger partial charge in [0, 0.05) is 6.20 Å². The van der Waals surface area contributed by atoms with Crippen molar-refractivity contribution in [2.24, 2.45) is 5.92 Å². The first kappa shape index (κ1) is 11.8. The average molecular weight is 235 g/mol. The topological polar surface area (TPSA) is 75.1 Å². The first-order chi connectivity index (χ1) is 8.12. The second kappa shape index (κ2) is 4.69. The van der Waals surface area contributed by atoms with E-state index in [1.165, 1.54) is 6.33 Å². The van der Waals surface area contributed by atoms with Crippen LogP contribution in [0.1, 0.15) is 32.6 Å². The van der Waals surface area contributed by atoms with Crippen LogP contribution in [-0.4, -0.2) is 26.6 Å². The normalized spacial score (nSPS) is 28.6. The summed E-state index contributed by atoms with van der Waals surface area (Å²) in [5.74, 6) is 0.216. The molecule has 1 aromatic rings. The number of hydrogen-bond donors (Lipinski definition) is 2. The minimum Gasteiger partial charge on any atom is -0.480 e. The van der Waals surface area contributed by atoms with Crippen LogP contribution in [0.15, 0.2) is 18.6 Å². The van der Waals surface area contributed by atoms with Crippen LogP contribution in [0.4, 0.5) is 5.82 Å². The number of carboxylic acid groups (broad SMARTS) is 1. The number of anilines is 1. The summed E-state index contributed by atoms with van der Waals surface area (Å²) < 4.78 is 0. The van der Waals surface area contributed by atoms with Gasteiger partial charge in [0.25, 0.3) is 0 Å². The molecule has 2 unspecified atom stereocenters. The van der Waals surface area contributed by atoms with Gasteiger partial charge in [0.15, 0.2) is 0 Å². The number of carboxylic acids is 1. The summed E-state index contributed by atoms with van der Waals surface area (Å²) in [5.41, 5.74) is -0.869. The Hall–Kier alpha value is -1.65. The molecular weight excluding hydrogens is 218 g/mol. The van der Waals surface area contributed by atoms with Crippen LogP contribution < -0.4 is 5.32 Å². The zero-order chi connectivity index (χ0) is 12.3. The van der Waals surface area contributed by atoms with Crippen molar-refractivity contribution >= 4 is 11.8 Å². The number of carbonyl (C=O) groups is 1. The highest BCUT2D eigenvalue weighted by molar-refractivity contribution is 5.82. The number of aromatic nitrogens is 2. The summed E-state index contributed by atoms with van der Waals surface area (Å²) in [7, 11) is 0. The van der Waals surface area contributed by atoms with E-state index in [4.69, 9.17) is 0 Å². The fraction of sp³-hybridized carbons (Fsp3) is 0.583. The monoisotopic (exact) mass is 235 g/mol. The Bertz CT molecular complexity index is 396. The number of nitrogens with one attached hydrogen (secondary N) is 1. The van der Waals surface area contributed by atoms with E-state index in [0.29, 0.717) is 24.6 Å². The van der Waals surface area contributed by atoms with Crippen molar-refractivity contribution in [1.29, 1.82) is 0 Å². The molecule has 0 aromatic carbocycles. The fourth-order valence-electron chi connectivity index (χ4n) is 2.52. The molecule has 17 heavy (non-hydrogen) atoms. The van der Waals surface area contributed by atoms with E-state index in [0.717, 1.165) is 12.8 Å². The van der Waals surface area contributed by atoms with E-state index in [-0.39, 0.29) is 0 Å². The smallest absolute Gasteiger partial charge is 0.329 e. The molecule has 0 radical (unpaired) electrons. The van der Waals surface area contributed by atoms with Gasteiger partial charge in [-0.1, -0.05) is 19.8 Å². The van der Waals surface area contributed by atoms with Crippen molar-refractivity contribution in [3.63, 3.8) is 0 Å². The summed E-state index contributed by atoms with van der Waals surface area (Å²) in [6.45, 7) is 2.10. The fourth-order valence-corrected chi connectivity index (χ4v) is 2.52. The average Bonchev–Trinajstić information content (AvgIpc) is 2.30. The minimum absolute atomic E-state index is 0.425. The van der Waals surface area contributed by atoms with Crippen molar-refractivity contribution < 1.29 is 9.90 Å². The zero-order valence-corrected chi connectivity index (χ0v) is 9.89. The third kappa shape index (κ3) is 2.54. The number of hydrogen-bond acceptors (Lipinski definition) is 4. The molecule has 5 heteroatoms. The molecule has 1 aromatic heterocycles. The maximum Gasteiger partial charge on any atom is 0.329 e. The molecule has 1 aliphatic carbocycles. The third-order valence-corrected chi connectivity index (χ3v) is 3.36. The molecule has 1 heterocycles. The Labute approximate surface area is 100 Å². The van der Waals surface area contributed by atoms with Crippen LogP contribution in [0.2, 0.25) is 0 Å². The van der Waals surface area contributed by atoms with Crippen LogP contribution in [-0.2, 0) is 4.79 Å². The van der Waals surface area contributed by atoms with Gasteiger partial charge in [-0.05, 0) is 24.8 Å². The van der Waals surface area contributed by atoms with Gasteiger partial charge < -0.3 is 10.4 Å². The van der Waals surface area contributed by atoms with Gasteiger partial charge in [-0.25, -0.2) is 14.8 Å². The molecular formula is C12H17N3O2. The molecule has 5 nitrogen and oxygen atoms in total. The van der Waals surface area contributed by atoms with E-state index >= 15 is 0 Å². The van der Waals surface area contributed by atoms with E-state index in [1.807, 2.05) is 0 Å². The number of aliphatic carboxylic acids is 1. The summed E-state index contributed by atoms with van der Waals surface area (Å²) in [4.78, 5) is 19.4. The zero-order valence-electron chi connectivity index (χ0n) is 9.89. The summed E-state index contributed by atoms with van der Waals surface area (Å²) in [5, 5.41) is 12.5. The molecule has 2 rings (SSSR count). The van der Waals surface area contributed by atoms with Gasteiger partial charge in [-0.15, -0.1) is 0 Å². The maximum atomic E-state index is 11.5. The van der Waals surface area contributed by atoms with E-state index in [2.05, 4.69) is 22.2 Å². The Morgan fingerprint density at radius 2 is 2.47 bits per heavy atom. The van der Waals surface area contributed by atoms with E-state index in [1.54, 1.807) is 12.3 Å². The van der Waals surface area contributed by atoms with Crippen molar-refractivity contribution in [3.05, 3.63) is 18.6 Å². The minimum atomic E-state index is -0.869. The molecule has 0 aliphatic heterocycles. The Morgan fingerprint density at radius 1 is 1.65 bits per heavy atom. The summed E-state index contributed by atoms with van der Waals surface area (Å²) >= 11 is 0. The molecule has 0 amide bonds. The van der Waals surface area contributed by atoms with Crippen molar-refractivity contribution in [1.82, 2.24) is 9.97 Å². The first-order valence-electron chi connectivity index (χ1n) is 5.90. The van der Waals surface area contributed by atoms with Crippen molar-refractivity contribution in [2.45, 2.75) is 38.1 Å². The molecule has 0 saturated heterocycles. The Morgan fingerprint density at radius 3 is 3.06 bits per heavy atom. The van der Waals surface area contributed by atoms with Crippen LogP contribution in [0, 0.1) is 5.92 Å². The van der Waals surface area contributed by atoms with Gasteiger partial charge in [0.1, 0.15) is 17.7 Å². The lowest BCUT2D eigenvalue weighted by atomic mass is 9.76. The second-order valence-electron chi connectivity index (χ2n) is 4.81.